The summed E-state index contributed by atoms with van der Waals surface area (Å²) in [5.74, 6) is 0.801. The van der Waals surface area contributed by atoms with Gasteiger partial charge in [-0.25, -0.2) is 0 Å². The topological polar surface area (TPSA) is 67.8 Å². The van der Waals surface area contributed by atoms with Crippen molar-refractivity contribution in [3.8, 4) is 11.5 Å². The number of fused-ring (bicyclic) bond motifs is 1. The summed E-state index contributed by atoms with van der Waals surface area (Å²) in [6, 6.07) is 10.4. The van der Waals surface area contributed by atoms with Crippen LogP contribution in [0.3, 0.4) is 0 Å². The van der Waals surface area contributed by atoms with E-state index in [9.17, 15) is 9.90 Å². The van der Waals surface area contributed by atoms with E-state index >= 15 is 0 Å². The van der Waals surface area contributed by atoms with E-state index in [-0.39, 0.29) is 19.1 Å². The highest BCUT2D eigenvalue weighted by Crippen LogP contribution is 2.36. The molecule has 144 valence electrons. The number of ether oxygens (including phenoxy) is 2. The average molecular weight is 410 g/mol. The number of hydrogen-bond acceptors (Lipinski definition) is 4. The Balaban J connectivity index is 1.60. The van der Waals surface area contributed by atoms with Crippen LogP contribution in [0.15, 0.2) is 36.4 Å². The number of amides is 1. The van der Waals surface area contributed by atoms with E-state index in [0.717, 1.165) is 29.7 Å². The Morgan fingerprint density at radius 1 is 1.26 bits per heavy atom. The highest BCUT2D eigenvalue weighted by molar-refractivity contribution is 6.35. The molecule has 27 heavy (non-hydrogen) atoms. The van der Waals surface area contributed by atoms with E-state index in [0.29, 0.717) is 22.2 Å². The zero-order valence-electron chi connectivity index (χ0n) is 14.9. The molecule has 0 spiro atoms. The largest absolute Gasteiger partial charge is 0.497 e. The van der Waals surface area contributed by atoms with Gasteiger partial charge in [0.15, 0.2) is 6.61 Å². The predicted octanol–water partition coefficient (Wildman–Crippen LogP) is 3.72. The summed E-state index contributed by atoms with van der Waals surface area (Å²) in [6.45, 7) is -0.0875. The molecule has 2 aromatic carbocycles. The molecule has 0 fully saturated rings. The van der Waals surface area contributed by atoms with E-state index in [2.05, 4.69) is 5.32 Å². The molecule has 0 saturated carbocycles. The van der Waals surface area contributed by atoms with Gasteiger partial charge in [0.1, 0.15) is 17.1 Å². The van der Waals surface area contributed by atoms with Gasteiger partial charge in [0, 0.05) is 5.02 Å². The van der Waals surface area contributed by atoms with Crippen LogP contribution in [-0.4, -0.2) is 31.3 Å². The van der Waals surface area contributed by atoms with Gasteiger partial charge in [-0.15, -0.1) is 0 Å². The minimum absolute atomic E-state index is 0.114. The maximum atomic E-state index is 12.2. The smallest absolute Gasteiger partial charge is 0.258 e. The SMILES string of the molecule is COc1ccc2c(c1)CCCC2(O)CNC(=O)COc1ccc(Cl)cc1Cl. The third-order valence-corrected chi connectivity index (χ3v) is 5.21. The standard InChI is InChI=1S/C20H21Cl2NO4/c1-26-15-5-6-16-13(9-15)3-2-8-20(16,25)12-23-19(24)11-27-18-7-4-14(21)10-17(18)22/h4-7,9-10,25H,2-3,8,11-12H2,1H3,(H,23,24). The Morgan fingerprint density at radius 3 is 2.81 bits per heavy atom. The minimum atomic E-state index is -1.10. The minimum Gasteiger partial charge on any atom is -0.497 e. The second-order valence-electron chi connectivity index (χ2n) is 6.55. The zero-order chi connectivity index (χ0) is 19.4. The van der Waals surface area contributed by atoms with Crippen molar-refractivity contribution in [3.63, 3.8) is 0 Å². The molecule has 7 heteroatoms. The first-order valence-electron chi connectivity index (χ1n) is 8.65. The Bertz CT molecular complexity index is 843. The highest BCUT2D eigenvalue weighted by Gasteiger charge is 2.34. The Labute approximate surface area is 168 Å². The molecular weight excluding hydrogens is 389 g/mol. The molecular formula is C20H21Cl2NO4. The molecule has 0 bridgehead atoms. The van der Waals surface area contributed by atoms with Crippen molar-refractivity contribution in [1.82, 2.24) is 5.32 Å². The maximum absolute atomic E-state index is 12.2. The third-order valence-electron chi connectivity index (χ3n) is 4.68. The van der Waals surface area contributed by atoms with Crippen molar-refractivity contribution in [2.75, 3.05) is 20.3 Å². The van der Waals surface area contributed by atoms with Gasteiger partial charge in [-0.3, -0.25) is 4.79 Å². The molecule has 1 unspecified atom stereocenters. The lowest BCUT2D eigenvalue weighted by molar-refractivity contribution is -0.124. The summed E-state index contributed by atoms with van der Waals surface area (Å²) in [7, 11) is 1.61. The second-order valence-corrected chi connectivity index (χ2v) is 7.39. The third kappa shape index (κ3) is 4.67. The van der Waals surface area contributed by atoms with Crippen molar-refractivity contribution in [3.05, 3.63) is 57.6 Å². The molecule has 0 aromatic heterocycles. The maximum Gasteiger partial charge on any atom is 0.258 e. The number of methoxy groups -OCH3 is 1. The molecule has 1 aliphatic rings. The Hall–Kier alpha value is -1.95. The molecule has 0 saturated heterocycles. The number of nitrogens with one attached hydrogen (secondary N) is 1. The van der Waals surface area contributed by atoms with Crippen LogP contribution >= 0.6 is 23.2 Å². The van der Waals surface area contributed by atoms with Crippen LogP contribution in [0.5, 0.6) is 11.5 Å². The Kier molecular flexibility index (Phi) is 6.15. The number of aliphatic hydroxyl groups is 1. The summed E-state index contributed by atoms with van der Waals surface area (Å²) in [5, 5.41) is 14.6. The van der Waals surface area contributed by atoms with Crippen molar-refractivity contribution in [1.29, 1.82) is 0 Å². The van der Waals surface area contributed by atoms with Crippen LogP contribution in [0.2, 0.25) is 10.0 Å². The number of aryl methyl sites for hydroxylation is 1. The van der Waals surface area contributed by atoms with Gasteiger partial charge in [-0.2, -0.15) is 0 Å². The van der Waals surface area contributed by atoms with Crippen molar-refractivity contribution in [2.24, 2.45) is 0 Å². The molecule has 1 atom stereocenters. The Morgan fingerprint density at radius 2 is 2.07 bits per heavy atom. The molecule has 2 aromatic rings. The number of halogens is 2. The van der Waals surface area contributed by atoms with Crippen molar-refractivity contribution >= 4 is 29.1 Å². The molecule has 1 aliphatic carbocycles. The monoisotopic (exact) mass is 409 g/mol. The van der Waals surface area contributed by atoms with Gasteiger partial charge in [0.05, 0.1) is 18.7 Å². The van der Waals surface area contributed by atoms with Gasteiger partial charge in [0.2, 0.25) is 0 Å². The number of hydrogen-bond donors (Lipinski definition) is 2. The molecule has 5 nitrogen and oxygen atoms in total. The second kappa shape index (κ2) is 8.38. The quantitative estimate of drug-likeness (QED) is 0.762. The van der Waals surface area contributed by atoms with E-state index in [1.807, 2.05) is 18.2 Å². The molecule has 0 heterocycles. The van der Waals surface area contributed by atoms with E-state index in [4.69, 9.17) is 32.7 Å². The fourth-order valence-corrected chi connectivity index (χ4v) is 3.74. The van der Waals surface area contributed by atoms with Gasteiger partial charge in [0.25, 0.3) is 5.91 Å². The molecule has 0 aliphatic heterocycles. The molecule has 3 rings (SSSR count). The number of benzene rings is 2. The van der Waals surface area contributed by atoms with Crippen molar-refractivity contribution in [2.45, 2.75) is 24.9 Å². The predicted molar refractivity (Wildman–Crippen MR) is 105 cm³/mol. The van der Waals surface area contributed by atoms with Gasteiger partial charge < -0.3 is 19.9 Å². The van der Waals surface area contributed by atoms with Gasteiger partial charge >= 0.3 is 0 Å². The summed E-state index contributed by atoms with van der Waals surface area (Å²) in [5.41, 5.74) is 0.769. The van der Waals surface area contributed by atoms with Crippen LogP contribution in [-0.2, 0) is 16.8 Å². The first-order valence-corrected chi connectivity index (χ1v) is 9.41. The number of carbonyl (C=O) groups excluding carboxylic acids is 1. The van der Waals surface area contributed by atoms with E-state index in [1.54, 1.807) is 25.3 Å². The first kappa shape index (κ1) is 19.8. The highest BCUT2D eigenvalue weighted by atomic mass is 35.5. The van der Waals surface area contributed by atoms with Gasteiger partial charge in [-0.1, -0.05) is 29.3 Å². The van der Waals surface area contributed by atoms with E-state index < -0.39 is 5.60 Å². The van der Waals surface area contributed by atoms with Crippen LogP contribution in [0, 0.1) is 0 Å². The van der Waals surface area contributed by atoms with Crippen LogP contribution < -0.4 is 14.8 Å². The first-order chi connectivity index (χ1) is 12.9. The lowest BCUT2D eigenvalue weighted by atomic mass is 9.79. The lowest BCUT2D eigenvalue weighted by Crippen LogP contribution is -2.44. The summed E-state index contributed by atoms with van der Waals surface area (Å²) >= 11 is 11.9. The summed E-state index contributed by atoms with van der Waals surface area (Å²) in [4.78, 5) is 12.2. The average Bonchev–Trinajstić information content (AvgIpc) is 2.65. The molecule has 2 N–H and O–H groups in total. The van der Waals surface area contributed by atoms with E-state index in [1.165, 1.54) is 0 Å². The van der Waals surface area contributed by atoms with Crippen LogP contribution in [0.4, 0.5) is 0 Å². The zero-order valence-corrected chi connectivity index (χ0v) is 16.4. The fourth-order valence-electron chi connectivity index (χ4n) is 3.28. The van der Waals surface area contributed by atoms with Gasteiger partial charge in [-0.05, 0) is 60.7 Å². The summed E-state index contributed by atoms with van der Waals surface area (Å²) < 4.78 is 10.7. The fraction of sp³-hybridized carbons (Fsp3) is 0.350. The molecule has 0 radical (unpaired) electrons. The lowest BCUT2D eigenvalue weighted by Gasteiger charge is -2.34. The number of carbonyl (C=O) groups is 1. The van der Waals surface area contributed by atoms with Crippen LogP contribution in [0.1, 0.15) is 24.0 Å². The number of rotatable bonds is 6. The summed E-state index contributed by atoms with van der Waals surface area (Å²) in [6.07, 6.45) is 2.29. The van der Waals surface area contributed by atoms with Crippen molar-refractivity contribution < 1.29 is 19.4 Å². The normalized spacial score (nSPS) is 18.5. The molecule has 1 amide bonds. The van der Waals surface area contributed by atoms with Crippen LogP contribution in [0.25, 0.3) is 0 Å².